The standard InChI is InChI=1S/C13H26N2O3/c1-9(2)7-14-11(16)10(3)8-18-15-12(17)13(4,5)6/h9-10H,7-8H2,1-6H3,(H,14,16)(H,15,17)/t10-/m0/s1. The lowest BCUT2D eigenvalue weighted by atomic mass is 9.96. The van der Waals surface area contributed by atoms with Crippen molar-refractivity contribution in [3.63, 3.8) is 0 Å². The second-order valence-corrected chi connectivity index (χ2v) is 6.03. The van der Waals surface area contributed by atoms with E-state index in [4.69, 9.17) is 4.84 Å². The highest BCUT2D eigenvalue weighted by Crippen LogP contribution is 2.12. The molecule has 0 spiro atoms. The number of rotatable bonds is 6. The van der Waals surface area contributed by atoms with Crippen LogP contribution in [0.5, 0.6) is 0 Å². The maximum absolute atomic E-state index is 11.6. The average molecular weight is 258 g/mol. The summed E-state index contributed by atoms with van der Waals surface area (Å²) in [7, 11) is 0. The summed E-state index contributed by atoms with van der Waals surface area (Å²) >= 11 is 0. The number of amides is 2. The summed E-state index contributed by atoms with van der Waals surface area (Å²) in [4.78, 5) is 28.2. The quantitative estimate of drug-likeness (QED) is 0.709. The van der Waals surface area contributed by atoms with E-state index in [-0.39, 0.29) is 24.3 Å². The van der Waals surface area contributed by atoms with E-state index in [9.17, 15) is 9.59 Å². The van der Waals surface area contributed by atoms with Gasteiger partial charge >= 0.3 is 0 Å². The molecule has 2 amide bonds. The molecule has 0 radical (unpaired) electrons. The third-order valence-corrected chi connectivity index (χ3v) is 2.31. The molecule has 0 aliphatic heterocycles. The molecule has 0 bridgehead atoms. The highest BCUT2D eigenvalue weighted by Gasteiger charge is 2.22. The molecule has 0 aromatic heterocycles. The van der Waals surface area contributed by atoms with Gasteiger partial charge in [0.25, 0.3) is 0 Å². The number of hydroxylamine groups is 1. The van der Waals surface area contributed by atoms with Crippen LogP contribution in [0.15, 0.2) is 0 Å². The third kappa shape index (κ3) is 7.27. The maximum atomic E-state index is 11.6. The Morgan fingerprint density at radius 2 is 1.72 bits per heavy atom. The highest BCUT2D eigenvalue weighted by molar-refractivity contribution is 5.80. The molecule has 0 heterocycles. The Kier molecular flexibility index (Phi) is 6.91. The van der Waals surface area contributed by atoms with Gasteiger partial charge in [0.2, 0.25) is 11.8 Å². The predicted octanol–water partition coefficient (Wildman–Crippen LogP) is 1.49. The fourth-order valence-electron chi connectivity index (χ4n) is 0.940. The molecular weight excluding hydrogens is 232 g/mol. The van der Waals surface area contributed by atoms with Crippen molar-refractivity contribution in [2.45, 2.75) is 41.5 Å². The summed E-state index contributed by atoms with van der Waals surface area (Å²) in [5.74, 6) is -0.127. The van der Waals surface area contributed by atoms with Crippen molar-refractivity contribution < 1.29 is 14.4 Å². The van der Waals surface area contributed by atoms with Crippen LogP contribution in [0.3, 0.4) is 0 Å². The summed E-state index contributed by atoms with van der Waals surface area (Å²) in [6, 6.07) is 0. The van der Waals surface area contributed by atoms with Gasteiger partial charge in [0, 0.05) is 12.0 Å². The predicted molar refractivity (Wildman–Crippen MR) is 70.6 cm³/mol. The average Bonchev–Trinajstić information content (AvgIpc) is 2.23. The van der Waals surface area contributed by atoms with Gasteiger partial charge in [-0.15, -0.1) is 0 Å². The number of nitrogens with one attached hydrogen (secondary N) is 2. The zero-order chi connectivity index (χ0) is 14.3. The highest BCUT2D eigenvalue weighted by atomic mass is 16.7. The van der Waals surface area contributed by atoms with E-state index < -0.39 is 5.41 Å². The molecule has 18 heavy (non-hydrogen) atoms. The van der Waals surface area contributed by atoms with Crippen LogP contribution in [0, 0.1) is 17.3 Å². The van der Waals surface area contributed by atoms with Crippen molar-refractivity contribution in [3.8, 4) is 0 Å². The number of hydrogen-bond acceptors (Lipinski definition) is 3. The molecule has 0 aromatic carbocycles. The van der Waals surface area contributed by atoms with Crippen molar-refractivity contribution in [1.29, 1.82) is 0 Å². The van der Waals surface area contributed by atoms with Crippen LogP contribution in [0.1, 0.15) is 41.5 Å². The van der Waals surface area contributed by atoms with Crippen molar-refractivity contribution in [3.05, 3.63) is 0 Å². The van der Waals surface area contributed by atoms with E-state index in [1.165, 1.54) is 0 Å². The first-order valence-electron chi connectivity index (χ1n) is 6.34. The van der Waals surface area contributed by atoms with Crippen LogP contribution in [-0.2, 0) is 14.4 Å². The molecule has 0 rings (SSSR count). The molecule has 0 aliphatic rings. The normalized spacial score (nSPS) is 13.3. The lowest BCUT2D eigenvalue weighted by molar-refractivity contribution is -0.144. The van der Waals surface area contributed by atoms with Gasteiger partial charge in [-0.3, -0.25) is 14.4 Å². The Hall–Kier alpha value is -1.10. The molecule has 0 aliphatic carbocycles. The molecule has 0 unspecified atom stereocenters. The minimum Gasteiger partial charge on any atom is -0.356 e. The van der Waals surface area contributed by atoms with Gasteiger partial charge < -0.3 is 5.32 Å². The minimum absolute atomic E-state index is 0.0614. The molecule has 0 aromatic rings. The summed E-state index contributed by atoms with van der Waals surface area (Å²) < 4.78 is 0. The van der Waals surface area contributed by atoms with Crippen LogP contribution in [0.4, 0.5) is 0 Å². The SMILES string of the molecule is CC(C)CNC(=O)[C@@H](C)CONC(=O)C(C)(C)C. The second-order valence-electron chi connectivity index (χ2n) is 6.03. The van der Waals surface area contributed by atoms with Gasteiger partial charge in [-0.25, -0.2) is 5.48 Å². The third-order valence-electron chi connectivity index (χ3n) is 2.31. The van der Waals surface area contributed by atoms with Crippen molar-refractivity contribution in [1.82, 2.24) is 10.8 Å². The van der Waals surface area contributed by atoms with Crippen LogP contribution in [-0.4, -0.2) is 25.0 Å². The van der Waals surface area contributed by atoms with Gasteiger partial charge in [-0.05, 0) is 5.92 Å². The summed E-state index contributed by atoms with van der Waals surface area (Å²) in [6.45, 7) is 12.0. The Balaban J connectivity index is 3.86. The molecule has 1 atom stereocenters. The van der Waals surface area contributed by atoms with Gasteiger partial charge in [0.1, 0.15) is 0 Å². The molecular formula is C13H26N2O3. The number of carbonyl (C=O) groups is 2. The van der Waals surface area contributed by atoms with Gasteiger partial charge in [-0.1, -0.05) is 41.5 Å². The minimum atomic E-state index is -0.497. The van der Waals surface area contributed by atoms with Crippen LogP contribution >= 0.6 is 0 Å². The van der Waals surface area contributed by atoms with Gasteiger partial charge in [0.15, 0.2) is 0 Å². The van der Waals surface area contributed by atoms with Gasteiger partial charge in [-0.2, -0.15) is 0 Å². The van der Waals surface area contributed by atoms with Crippen molar-refractivity contribution >= 4 is 11.8 Å². The Bertz CT molecular complexity index is 282. The fraction of sp³-hybridized carbons (Fsp3) is 0.846. The molecule has 106 valence electrons. The van der Waals surface area contributed by atoms with Gasteiger partial charge in [0.05, 0.1) is 12.5 Å². The van der Waals surface area contributed by atoms with Crippen molar-refractivity contribution in [2.75, 3.05) is 13.2 Å². The van der Waals surface area contributed by atoms with E-state index in [1.807, 2.05) is 13.8 Å². The van der Waals surface area contributed by atoms with Crippen molar-refractivity contribution in [2.24, 2.45) is 17.3 Å². The maximum Gasteiger partial charge on any atom is 0.248 e. The molecule has 0 fully saturated rings. The first-order valence-corrected chi connectivity index (χ1v) is 6.34. The zero-order valence-corrected chi connectivity index (χ0v) is 12.3. The molecule has 0 saturated carbocycles. The molecule has 0 saturated heterocycles. The Labute approximate surface area is 110 Å². The molecule has 5 heteroatoms. The number of hydrogen-bond donors (Lipinski definition) is 2. The van der Waals surface area contributed by atoms with E-state index >= 15 is 0 Å². The summed E-state index contributed by atoms with van der Waals surface area (Å²) in [5.41, 5.74) is 1.86. The lowest BCUT2D eigenvalue weighted by Gasteiger charge is -2.18. The Morgan fingerprint density at radius 1 is 1.17 bits per heavy atom. The van der Waals surface area contributed by atoms with E-state index in [0.29, 0.717) is 12.5 Å². The monoisotopic (exact) mass is 258 g/mol. The fourth-order valence-corrected chi connectivity index (χ4v) is 0.940. The first kappa shape index (κ1) is 16.9. The largest absolute Gasteiger partial charge is 0.356 e. The first-order chi connectivity index (χ1) is 8.14. The molecule has 5 nitrogen and oxygen atoms in total. The van der Waals surface area contributed by atoms with E-state index in [2.05, 4.69) is 10.8 Å². The summed E-state index contributed by atoms with van der Waals surface area (Å²) in [5, 5.41) is 2.82. The second kappa shape index (κ2) is 7.36. The summed E-state index contributed by atoms with van der Waals surface area (Å²) in [6.07, 6.45) is 0. The molecule has 2 N–H and O–H groups in total. The smallest absolute Gasteiger partial charge is 0.248 e. The van der Waals surface area contributed by atoms with Crippen LogP contribution < -0.4 is 10.8 Å². The lowest BCUT2D eigenvalue weighted by Crippen LogP contribution is -2.38. The van der Waals surface area contributed by atoms with E-state index in [1.54, 1.807) is 27.7 Å². The Morgan fingerprint density at radius 3 is 2.17 bits per heavy atom. The van der Waals surface area contributed by atoms with Crippen LogP contribution in [0.25, 0.3) is 0 Å². The zero-order valence-electron chi connectivity index (χ0n) is 12.3. The van der Waals surface area contributed by atoms with E-state index in [0.717, 1.165) is 0 Å². The number of carbonyl (C=O) groups excluding carboxylic acids is 2. The topological polar surface area (TPSA) is 67.4 Å². The van der Waals surface area contributed by atoms with Crippen LogP contribution in [0.2, 0.25) is 0 Å².